The van der Waals surface area contributed by atoms with Crippen molar-refractivity contribution in [3.05, 3.63) is 35.5 Å². The van der Waals surface area contributed by atoms with E-state index < -0.39 is 5.60 Å². The Kier molecular flexibility index (Phi) is 1.78. The summed E-state index contributed by atoms with van der Waals surface area (Å²) in [5, 5.41) is 1.27. The van der Waals surface area contributed by atoms with Crippen molar-refractivity contribution in [2.45, 2.75) is 24.5 Å². The van der Waals surface area contributed by atoms with Crippen molar-refractivity contribution in [1.29, 1.82) is 0 Å². The number of nitrogens with one attached hydrogen (secondary N) is 1. The van der Waals surface area contributed by atoms with E-state index in [1.165, 1.54) is 16.5 Å². The van der Waals surface area contributed by atoms with Gasteiger partial charge in [-0.15, -0.1) is 0 Å². The van der Waals surface area contributed by atoms with Gasteiger partial charge in [0.2, 0.25) is 0 Å². The van der Waals surface area contributed by atoms with E-state index in [0.29, 0.717) is 0 Å². The number of likely N-dealkylation sites (tertiary alicyclic amines) is 1. The van der Waals surface area contributed by atoms with Crippen LogP contribution in [0.3, 0.4) is 0 Å². The van der Waals surface area contributed by atoms with Crippen LogP contribution in [0.25, 0.3) is 10.9 Å². The number of aromatic nitrogens is 1. The standard InChI is InChI=1S/C16H16N2O2/c1-18-8-10-6-16(20-15(10)19)11-3-2-4-12-14(11)9(7-17-12)5-13(16)18/h2-4,7,10,13,17H,5-6,8H2,1H3/t10-,13-,16-/m1/s1. The highest BCUT2D eigenvalue weighted by Crippen LogP contribution is 2.53. The first-order valence-electron chi connectivity index (χ1n) is 7.21. The average molecular weight is 268 g/mol. The zero-order valence-electron chi connectivity index (χ0n) is 11.3. The average Bonchev–Trinajstić information content (AvgIpc) is 2.95. The number of nitrogens with zero attached hydrogens (tertiary/aromatic N) is 1. The van der Waals surface area contributed by atoms with Crippen molar-refractivity contribution in [1.82, 2.24) is 9.88 Å². The van der Waals surface area contributed by atoms with E-state index in [2.05, 4.69) is 41.3 Å². The van der Waals surface area contributed by atoms with E-state index in [9.17, 15) is 4.79 Å². The SMILES string of the molecule is CN1C[C@H]2C[C@@]3(OC2=O)c2cccc4[nH]cc(c24)C[C@@H]13. The normalized spacial score (nSPS) is 35.1. The maximum Gasteiger partial charge on any atom is 0.311 e. The van der Waals surface area contributed by atoms with Crippen LogP contribution in [0.15, 0.2) is 24.4 Å². The Morgan fingerprint density at radius 1 is 1.45 bits per heavy atom. The summed E-state index contributed by atoms with van der Waals surface area (Å²) in [6.07, 6.45) is 3.90. The molecule has 1 aromatic heterocycles. The van der Waals surface area contributed by atoms with Crippen LogP contribution >= 0.6 is 0 Å². The molecule has 2 bridgehead atoms. The summed E-state index contributed by atoms with van der Waals surface area (Å²) >= 11 is 0. The van der Waals surface area contributed by atoms with Crippen LogP contribution in [0.4, 0.5) is 0 Å². The van der Waals surface area contributed by atoms with E-state index in [4.69, 9.17) is 4.74 Å². The number of benzene rings is 1. The second-order valence-corrected chi connectivity index (χ2v) is 6.41. The molecule has 0 saturated carbocycles. The predicted octanol–water partition coefficient (Wildman–Crippen LogP) is 1.80. The summed E-state index contributed by atoms with van der Waals surface area (Å²) in [4.78, 5) is 17.8. The van der Waals surface area contributed by atoms with Gasteiger partial charge < -0.3 is 9.72 Å². The Morgan fingerprint density at radius 2 is 2.35 bits per heavy atom. The molecule has 4 nitrogen and oxygen atoms in total. The summed E-state index contributed by atoms with van der Waals surface area (Å²) in [5.41, 5.74) is 3.27. The van der Waals surface area contributed by atoms with Crippen molar-refractivity contribution in [2.75, 3.05) is 13.6 Å². The van der Waals surface area contributed by atoms with E-state index in [1.807, 2.05) is 0 Å². The highest BCUT2D eigenvalue weighted by atomic mass is 16.6. The summed E-state index contributed by atoms with van der Waals surface area (Å²) in [6.45, 7) is 0.820. The van der Waals surface area contributed by atoms with Gasteiger partial charge in [-0.2, -0.15) is 0 Å². The van der Waals surface area contributed by atoms with Crippen molar-refractivity contribution < 1.29 is 9.53 Å². The van der Waals surface area contributed by atoms with Crippen LogP contribution in [0.5, 0.6) is 0 Å². The third-order valence-corrected chi connectivity index (χ3v) is 5.40. The quantitative estimate of drug-likeness (QED) is 0.741. The number of hydrogen-bond donors (Lipinski definition) is 1. The Bertz CT molecular complexity index is 750. The van der Waals surface area contributed by atoms with Gasteiger partial charge in [0.25, 0.3) is 0 Å². The molecule has 5 rings (SSSR count). The number of H-pyrrole nitrogens is 1. The summed E-state index contributed by atoms with van der Waals surface area (Å²) in [6, 6.07) is 6.56. The van der Waals surface area contributed by atoms with E-state index >= 15 is 0 Å². The fourth-order valence-corrected chi connectivity index (χ4v) is 4.57. The van der Waals surface area contributed by atoms with Crippen molar-refractivity contribution in [3.8, 4) is 0 Å². The molecule has 102 valence electrons. The van der Waals surface area contributed by atoms with Gasteiger partial charge >= 0.3 is 5.97 Å². The Hall–Kier alpha value is -1.81. The van der Waals surface area contributed by atoms with Crippen LogP contribution in [0.2, 0.25) is 0 Å². The minimum absolute atomic E-state index is 0.0182. The topological polar surface area (TPSA) is 45.3 Å². The fraction of sp³-hybridized carbons (Fsp3) is 0.438. The van der Waals surface area contributed by atoms with Crippen LogP contribution in [0, 0.1) is 5.92 Å². The molecule has 3 atom stereocenters. The maximum absolute atomic E-state index is 12.2. The zero-order valence-corrected chi connectivity index (χ0v) is 11.3. The molecule has 3 aliphatic rings. The van der Waals surface area contributed by atoms with Crippen molar-refractivity contribution in [2.24, 2.45) is 5.92 Å². The molecule has 3 heterocycles. The number of rotatable bonds is 0. The molecule has 2 saturated heterocycles. The molecule has 1 N–H and O–H groups in total. The lowest BCUT2D eigenvalue weighted by Gasteiger charge is -2.46. The highest BCUT2D eigenvalue weighted by Gasteiger charge is 2.60. The third-order valence-electron chi connectivity index (χ3n) is 5.40. The van der Waals surface area contributed by atoms with Gasteiger partial charge in [-0.25, -0.2) is 0 Å². The lowest BCUT2D eigenvalue weighted by Crippen LogP contribution is -2.55. The number of piperidine rings is 1. The van der Waals surface area contributed by atoms with Gasteiger partial charge in [-0.1, -0.05) is 12.1 Å². The first-order chi connectivity index (χ1) is 9.69. The summed E-state index contributed by atoms with van der Waals surface area (Å²) in [7, 11) is 2.12. The fourth-order valence-electron chi connectivity index (χ4n) is 4.57. The van der Waals surface area contributed by atoms with Crippen molar-refractivity contribution >= 4 is 16.9 Å². The number of aromatic amines is 1. The Labute approximate surface area is 116 Å². The van der Waals surface area contributed by atoms with Gasteiger partial charge in [0.1, 0.15) is 0 Å². The summed E-state index contributed by atoms with van der Waals surface area (Å²) < 4.78 is 5.97. The molecule has 2 aromatic rings. The largest absolute Gasteiger partial charge is 0.452 e. The van der Waals surface area contributed by atoms with E-state index in [1.54, 1.807) is 0 Å². The van der Waals surface area contributed by atoms with Gasteiger partial charge in [0, 0.05) is 35.6 Å². The predicted molar refractivity (Wildman–Crippen MR) is 74.3 cm³/mol. The van der Waals surface area contributed by atoms with E-state index in [0.717, 1.165) is 24.9 Å². The Balaban J connectivity index is 1.85. The molecular formula is C16H16N2O2. The third kappa shape index (κ3) is 1.07. The maximum atomic E-state index is 12.2. The smallest absolute Gasteiger partial charge is 0.311 e. The Morgan fingerprint density at radius 3 is 3.25 bits per heavy atom. The van der Waals surface area contributed by atoms with Crippen LogP contribution < -0.4 is 0 Å². The van der Waals surface area contributed by atoms with Crippen LogP contribution in [-0.4, -0.2) is 35.5 Å². The molecule has 2 fully saturated rings. The highest BCUT2D eigenvalue weighted by molar-refractivity contribution is 5.90. The first kappa shape index (κ1) is 10.9. The number of hydrogen-bond acceptors (Lipinski definition) is 3. The summed E-state index contributed by atoms with van der Waals surface area (Å²) in [5.74, 6) is 0.0161. The second kappa shape index (κ2) is 3.26. The first-order valence-corrected chi connectivity index (χ1v) is 7.21. The second-order valence-electron chi connectivity index (χ2n) is 6.41. The van der Waals surface area contributed by atoms with E-state index in [-0.39, 0.29) is 17.9 Å². The van der Waals surface area contributed by atoms with Gasteiger partial charge in [-0.3, -0.25) is 9.69 Å². The molecule has 1 aromatic carbocycles. The minimum Gasteiger partial charge on any atom is -0.452 e. The van der Waals surface area contributed by atoms with Crippen LogP contribution in [0.1, 0.15) is 17.5 Å². The lowest BCUT2D eigenvalue weighted by atomic mass is 9.70. The number of fused-ring (bicyclic) bond motifs is 1. The van der Waals surface area contributed by atoms with Crippen molar-refractivity contribution in [3.63, 3.8) is 0 Å². The number of ether oxygens (including phenoxy) is 1. The lowest BCUT2D eigenvalue weighted by molar-refractivity contribution is -0.153. The molecule has 0 radical (unpaired) electrons. The molecule has 4 heteroatoms. The molecule has 0 amide bonds. The molecule has 0 unspecified atom stereocenters. The molecule has 1 spiro atoms. The molecule has 2 aliphatic heterocycles. The molecule has 20 heavy (non-hydrogen) atoms. The number of likely N-dealkylation sites (N-methyl/N-ethyl adjacent to an activating group) is 1. The van der Waals surface area contributed by atoms with Crippen LogP contribution in [-0.2, 0) is 21.6 Å². The van der Waals surface area contributed by atoms with Gasteiger partial charge in [-0.05, 0) is 25.1 Å². The van der Waals surface area contributed by atoms with Gasteiger partial charge in [0.15, 0.2) is 5.60 Å². The molecular weight excluding hydrogens is 252 g/mol. The number of esters is 1. The monoisotopic (exact) mass is 268 g/mol. The van der Waals surface area contributed by atoms with Gasteiger partial charge in [0.05, 0.1) is 12.0 Å². The molecule has 1 aliphatic carbocycles. The zero-order chi connectivity index (χ0) is 13.5. The number of carbonyl (C=O) groups is 1. The minimum atomic E-state index is -0.427. The number of carbonyl (C=O) groups excluding carboxylic acids is 1.